The summed E-state index contributed by atoms with van der Waals surface area (Å²) in [4.78, 5) is 49.0. The van der Waals surface area contributed by atoms with Crippen LogP contribution in [0.2, 0.25) is 0 Å². The Morgan fingerprint density at radius 2 is 2.09 bits per heavy atom. The van der Waals surface area contributed by atoms with Crippen LogP contribution in [-0.4, -0.2) is 52.2 Å². The molecule has 32 heavy (non-hydrogen) atoms. The number of carbonyl (C=O) groups excluding carboxylic acids is 3. The summed E-state index contributed by atoms with van der Waals surface area (Å²) in [6.07, 6.45) is 1.87. The molecule has 0 radical (unpaired) electrons. The molecule has 3 amide bonds. The first-order valence-electron chi connectivity index (χ1n) is 10.8. The fraction of sp³-hybridized carbons (Fsp3) is 0.435. The van der Waals surface area contributed by atoms with Crippen molar-refractivity contribution in [2.45, 2.75) is 45.6 Å². The summed E-state index contributed by atoms with van der Waals surface area (Å²) in [5, 5.41) is 2.55. The number of benzene rings is 1. The van der Waals surface area contributed by atoms with Gasteiger partial charge in [0.25, 0.3) is 0 Å². The lowest BCUT2D eigenvalue weighted by Gasteiger charge is -2.32. The van der Waals surface area contributed by atoms with Crippen LogP contribution in [0.15, 0.2) is 24.3 Å². The maximum atomic E-state index is 13.6. The molecule has 0 aliphatic carbocycles. The first kappa shape index (κ1) is 21.9. The van der Waals surface area contributed by atoms with E-state index >= 15 is 0 Å². The Balaban J connectivity index is 1.56. The van der Waals surface area contributed by atoms with Gasteiger partial charge in [0.2, 0.25) is 17.7 Å². The van der Waals surface area contributed by atoms with Crippen LogP contribution in [0, 0.1) is 12.7 Å². The number of aromatic nitrogens is 2. The third kappa shape index (κ3) is 4.61. The van der Waals surface area contributed by atoms with E-state index in [9.17, 15) is 18.8 Å². The monoisotopic (exact) mass is 439 g/mol. The molecule has 0 bridgehead atoms. The number of rotatable bonds is 5. The predicted octanol–water partition coefficient (Wildman–Crippen LogP) is 1.86. The lowest BCUT2D eigenvalue weighted by atomic mass is 9.96. The van der Waals surface area contributed by atoms with E-state index in [1.807, 2.05) is 6.92 Å². The molecule has 168 valence electrons. The fourth-order valence-corrected chi connectivity index (χ4v) is 4.29. The van der Waals surface area contributed by atoms with Crippen molar-refractivity contribution >= 4 is 23.5 Å². The van der Waals surface area contributed by atoms with Crippen molar-refractivity contribution in [1.29, 1.82) is 0 Å². The second-order valence-electron chi connectivity index (χ2n) is 8.34. The van der Waals surface area contributed by atoms with Gasteiger partial charge in [-0.15, -0.1) is 0 Å². The van der Waals surface area contributed by atoms with Crippen molar-refractivity contribution in [1.82, 2.24) is 20.2 Å². The number of piperidine rings is 1. The molecule has 4 rings (SSSR count). The van der Waals surface area contributed by atoms with Gasteiger partial charge in [-0.3, -0.25) is 19.3 Å². The molecule has 0 spiro atoms. The van der Waals surface area contributed by atoms with Crippen LogP contribution in [0.4, 0.5) is 10.2 Å². The van der Waals surface area contributed by atoms with Gasteiger partial charge in [0, 0.05) is 37.2 Å². The summed E-state index contributed by atoms with van der Waals surface area (Å²) in [5.74, 6) is 0.314. The third-order valence-corrected chi connectivity index (χ3v) is 5.95. The molecule has 3 heterocycles. The molecule has 9 heteroatoms. The number of aryl methyl sites for hydroxylation is 1. The van der Waals surface area contributed by atoms with E-state index < -0.39 is 0 Å². The molecule has 1 atom stereocenters. The number of halogens is 1. The van der Waals surface area contributed by atoms with Crippen LogP contribution in [0.25, 0.3) is 0 Å². The number of nitrogens with one attached hydrogen (secondary N) is 1. The molecule has 1 saturated heterocycles. The highest BCUT2D eigenvalue weighted by Gasteiger charge is 2.34. The zero-order valence-electron chi connectivity index (χ0n) is 18.2. The largest absolute Gasteiger partial charge is 0.347 e. The summed E-state index contributed by atoms with van der Waals surface area (Å²) in [6, 6.07) is 6.19. The van der Waals surface area contributed by atoms with Crippen LogP contribution >= 0.6 is 0 Å². The minimum atomic E-state index is -0.347. The van der Waals surface area contributed by atoms with Crippen LogP contribution in [0.3, 0.4) is 0 Å². The summed E-state index contributed by atoms with van der Waals surface area (Å²) in [5.41, 5.74) is 2.24. The Morgan fingerprint density at radius 3 is 2.84 bits per heavy atom. The zero-order valence-corrected chi connectivity index (χ0v) is 18.2. The number of likely N-dealkylation sites (tertiary alicyclic amines) is 1. The molecule has 1 aromatic heterocycles. The number of hydrogen-bond acceptors (Lipinski definition) is 5. The van der Waals surface area contributed by atoms with Crippen LogP contribution < -0.4 is 10.2 Å². The molecule has 2 aliphatic rings. The Morgan fingerprint density at radius 1 is 1.28 bits per heavy atom. The van der Waals surface area contributed by atoms with E-state index in [0.717, 1.165) is 24.1 Å². The van der Waals surface area contributed by atoms with Gasteiger partial charge >= 0.3 is 0 Å². The van der Waals surface area contributed by atoms with Gasteiger partial charge in [-0.2, -0.15) is 0 Å². The Labute approximate surface area is 185 Å². The zero-order chi connectivity index (χ0) is 22.8. The van der Waals surface area contributed by atoms with Crippen molar-refractivity contribution in [2.75, 3.05) is 24.5 Å². The van der Waals surface area contributed by atoms with Gasteiger partial charge in [0.15, 0.2) is 0 Å². The smallest absolute Gasteiger partial charge is 0.241 e. The van der Waals surface area contributed by atoms with Gasteiger partial charge in [0.05, 0.1) is 19.5 Å². The SMILES string of the molecule is CC(=O)NCC(=O)N1CCCC(c2nc(C)c3c(n2)N(Cc2cccc(F)c2)C(=O)C3)C1. The first-order valence-corrected chi connectivity index (χ1v) is 10.8. The van der Waals surface area contributed by atoms with Gasteiger partial charge in [-0.1, -0.05) is 12.1 Å². The minimum absolute atomic E-state index is 0.0258. The lowest BCUT2D eigenvalue weighted by Crippen LogP contribution is -2.44. The highest BCUT2D eigenvalue weighted by Crippen LogP contribution is 2.33. The highest BCUT2D eigenvalue weighted by molar-refractivity contribution is 6.00. The van der Waals surface area contributed by atoms with Gasteiger partial charge in [0.1, 0.15) is 17.5 Å². The molecular formula is C23H26FN5O3. The second kappa shape index (κ2) is 9.02. The molecule has 1 aromatic carbocycles. The van der Waals surface area contributed by atoms with Crippen LogP contribution in [0.1, 0.15) is 48.3 Å². The summed E-state index contributed by atoms with van der Waals surface area (Å²) >= 11 is 0. The van der Waals surface area contributed by atoms with E-state index in [4.69, 9.17) is 4.98 Å². The normalized spacial score (nSPS) is 18.0. The van der Waals surface area contributed by atoms with Crippen molar-refractivity contribution in [3.8, 4) is 0 Å². The van der Waals surface area contributed by atoms with Gasteiger partial charge in [-0.05, 0) is 37.5 Å². The molecule has 1 fully saturated rings. The number of nitrogens with zero attached hydrogens (tertiary/aromatic N) is 4. The first-order chi connectivity index (χ1) is 15.3. The second-order valence-corrected chi connectivity index (χ2v) is 8.34. The average molecular weight is 439 g/mol. The number of anilines is 1. The molecule has 8 nitrogen and oxygen atoms in total. The lowest BCUT2D eigenvalue weighted by molar-refractivity contribution is -0.133. The number of hydrogen-bond donors (Lipinski definition) is 1. The Bertz CT molecular complexity index is 1070. The molecule has 2 aliphatic heterocycles. The van der Waals surface area contributed by atoms with Crippen molar-refractivity contribution in [2.24, 2.45) is 0 Å². The molecule has 1 N–H and O–H groups in total. The Kier molecular flexibility index (Phi) is 6.16. The predicted molar refractivity (Wildman–Crippen MR) is 115 cm³/mol. The van der Waals surface area contributed by atoms with E-state index in [1.54, 1.807) is 21.9 Å². The summed E-state index contributed by atoms with van der Waals surface area (Å²) < 4.78 is 13.6. The molecule has 0 saturated carbocycles. The third-order valence-electron chi connectivity index (χ3n) is 5.95. The molecule has 2 aromatic rings. The Hall–Kier alpha value is -3.36. The number of carbonyl (C=O) groups is 3. The highest BCUT2D eigenvalue weighted by atomic mass is 19.1. The van der Waals surface area contributed by atoms with E-state index in [1.165, 1.54) is 19.1 Å². The number of amides is 3. The van der Waals surface area contributed by atoms with Crippen LogP contribution in [-0.2, 0) is 27.3 Å². The van der Waals surface area contributed by atoms with Gasteiger partial charge in [-0.25, -0.2) is 14.4 Å². The van der Waals surface area contributed by atoms with E-state index in [-0.39, 0.29) is 49.0 Å². The van der Waals surface area contributed by atoms with Crippen molar-refractivity contribution in [3.05, 3.63) is 52.7 Å². The van der Waals surface area contributed by atoms with Crippen LogP contribution in [0.5, 0.6) is 0 Å². The maximum Gasteiger partial charge on any atom is 0.241 e. The topological polar surface area (TPSA) is 95.5 Å². The summed E-state index contributed by atoms with van der Waals surface area (Å²) in [6.45, 7) is 4.56. The summed E-state index contributed by atoms with van der Waals surface area (Å²) in [7, 11) is 0. The molecule has 1 unspecified atom stereocenters. The minimum Gasteiger partial charge on any atom is -0.347 e. The van der Waals surface area contributed by atoms with E-state index in [0.29, 0.717) is 30.3 Å². The number of fused-ring (bicyclic) bond motifs is 1. The molecular weight excluding hydrogens is 413 g/mol. The average Bonchev–Trinajstić information content (AvgIpc) is 3.08. The van der Waals surface area contributed by atoms with Gasteiger partial charge < -0.3 is 10.2 Å². The van der Waals surface area contributed by atoms with Crippen molar-refractivity contribution < 1.29 is 18.8 Å². The fourth-order valence-electron chi connectivity index (χ4n) is 4.29. The van der Waals surface area contributed by atoms with Crippen molar-refractivity contribution in [3.63, 3.8) is 0 Å². The maximum absolute atomic E-state index is 13.6. The quantitative estimate of drug-likeness (QED) is 0.767. The standard InChI is InChI=1S/C23H26FN5O3/c1-14-19-10-20(31)29(12-16-5-3-7-18(24)9-16)23(19)27-22(26-14)17-6-4-8-28(13-17)21(32)11-25-15(2)30/h3,5,7,9,17H,4,6,8,10-13H2,1-2H3,(H,25,30). The van der Waals surface area contributed by atoms with E-state index in [2.05, 4.69) is 10.3 Å².